The van der Waals surface area contributed by atoms with E-state index in [-0.39, 0.29) is 16.7 Å². The Morgan fingerprint density at radius 1 is 1.19 bits per heavy atom. The normalized spacial score (nSPS) is 25.2. The van der Waals surface area contributed by atoms with Crippen LogP contribution in [0.5, 0.6) is 0 Å². The molecule has 1 heterocycles. The van der Waals surface area contributed by atoms with Gasteiger partial charge in [-0.05, 0) is 49.8 Å². The van der Waals surface area contributed by atoms with E-state index in [1.54, 1.807) is 0 Å². The van der Waals surface area contributed by atoms with Gasteiger partial charge in [0.15, 0.2) is 0 Å². The highest BCUT2D eigenvalue weighted by molar-refractivity contribution is 6.21. The Balaban J connectivity index is 1.83. The SMILES string of the molecule is CCC1CCC(NC(=O)c2ccc3c(c2)C(=O)N(C)C3=O)(C(=O)O)CC1. The molecule has 26 heavy (non-hydrogen) atoms. The zero-order valence-corrected chi connectivity index (χ0v) is 14.9. The van der Waals surface area contributed by atoms with E-state index < -0.39 is 29.2 Å². The van der Waals surface area contributed by atoms with Crippen LogP contribution >= 0.6 is 0 Å². The minimum absolute atomic E-state index is 0.171. The van der Waals surface area contributed by atoms with Gasteiger partial charge in [-0.2, -0.15) is 0 Å². The number of carboxylic acid groups (broad SMARTS) is 1. The molecule has 1 aromatic rings. The van der Waals surface area contributed by atoms with E-state index in [2.05, 4.69) is 12.2 Å². The molecular weight excluding hydrogens is 336 g/mol. The largest absolute Gasteiger partial charge is 0.480 e. The molecule has 3 amide bonds. The average molecular weight is 358 g/mol. The van der Waals surface area contributed by atoms with Crippen LogP contribution in [0.1, 0.15) is 70.1 Å². The van der Waals surface area contributed by atoms with Gasteiger partial charge in [0.2, 0.25) is 0 Å². The summed E-state index contributed by atoms with van der Waals surface area (Å²) < 4.78 is 0. The monoisotopic (exact) mass is 358 g/mol. The van der Waals surface area contributed by atoms with Gasteiger partial charge in [-0.25, -0.2) is 4.79 Å². The molecule has 0 aromatic heterocycles. The third-order valence-electron chi connectivity index (χ3n) is 5.65. The Labute approximate surface area is 151 Å². The van der Waals surface area contributed by atoms with Crippen LogP contribution in [-0.2, 0) is 4.79 Å². The van der Waals surface area contributed by atoms with Crippen LogP contribution in [0, 0.1) is 5.92 Å². The molecule has 138 valence electrons. The molecule has 7 nitrogen and oxygen atoms in total. The summed E-state index contributed by atoms with van der Waals surface area (Å²) in [5.41, 5.74) is -0.675. The molecule has 0 bridgehead atoms. The smallest absolute Gasteiger partial charge is 0.329 e. The summed E-state index contributed by atoms with van der Waals surface area (Å²) in [5, 5.41) is 12.4. The van der Waals surface area contributed by atoms with Gasteiger partial charge in [-0.1, -0.05) is 13.3 Å². The van der Waals surface area contributed by atoms with Gasteiger partial charge in [-0.15, -0.1) is 0 Å². The lowest BCUT2D eigenvalue weighted by molar-refractivity contribution is -0.146. The number of hydrogen-bond acceptors (Lipinski definition) is 4. The zero-order valence-electron chi connectivity index (χ0n) is 14.9. The molecule has 2 aliphatic rings. The van der Waals surface area contributed by atoms with Crippen molar-refractivity contribution in [1.82, 2.24) is 10.2 Å². The van der Waals surface area contributed by atoms with Gasteiger partial charge in [0, 0.05) is 12.6 Å². The van der Waals surface area contributed by atoms with Crippen molar-refractivity contribution in [3.8, 4) is 0 Å². The number of rotatable bonds is 4. The number of amides is 3. The van der Waals surface area contributed by atoms with Crippen molar-refractivity contribution in [2.24, 2.45) is 5.92 Å². The van der Waals surface area contributed by atoms with E-state index in [1.165, 1.54) is 25.2 Å². The highest BCUT2D eigenvalue weighted by Gasteiger charge is 2.43. The minimum Gasteiger partial charge on any atom is -0.480 e. The summed E-state index contributed by atoms with van der Waals surface area (Å²) in [6.45, 7) is 2.08. The van der Waals surface area contributed by atoms with E-state index in [1.807, 2.05) is 0 Å². The summed E-state index contributed by atoms with van der Waals surface area (Å²) in [6, 6.07) is 4.25. The lowest BCUT2D eigenvalue weighted by atomic mass is 9.75. The Kier molecular flexibility index (Phi) is 4.56. The topological polar surface area (TPSA) is 104 Å². The number of carbonyl (C=O) groups is 4. The third-order valence-corrected chi connectivity index (χ3v) is 5.65. The molecule has 0 atom stereocenters. The van der Waals surface area contributed by atoms with E-state index in [0.29, 0.717) is 18.8 Å². The second-order valence-electron chi connectivity index (χ2n) is 7.12. The number of fused-ring (bicyclic) bond motifs is 1. The molecule has 1 aliphatic carbocycles. The van der Waals surface area contributed by atoms with Gasteiger partial charge < -0.3 is 10.4 Å². The summed E-state index contributed by atoms with van der Waals surface area (Å²) in [4.78, 5) is 49.5. The fraction of sp³-hybridized carbons (Fsp3) is 0.474. The first-order chi connectivity index (χ1) is 12.3. The van der Waals surface area contributed by atoms with Crippen molar-refractivity contribution >= 4 is 23.7 Å². The number of carbonyl (C=O) groups excluding carboxylic acids is 3. The van der Waals surface area contributed by atoms with Gasteiger partial charge in [0.25, 0.3) is 17.7 Å². The van der Waals surface area contributed by atoms with E-state index >= 15 is 0 Å². The summed E-state index contributed by atoms with van der Waals surface area (Å²) in [6.07, 6.45) is 3.28. The summed E-state index contributed by atoms with van der Waals surface area (Å²) >= 11 is 0. The lowest BCUT2D eigenvalue weighted by Gasteiger charge is -2.37. The maximum absolute atomic E-state index is 12.7. The Bertz CT molecular complexity index is 793. The van der Waals surface area contributed by atoms with Gasteiger partial charge >= 0.3 is 5.97 Å². The van der Waals surface area contributed by atoms with Crippen LogP contribution < -0.4 is 5.32 Å². The molecule has 2 N–H and O–H groups in total. The number of nitrogens with zero attached hydrogens (tertiary/aromatic N) is 1. The maximum Gasteiger partial charge on any atom is 0.329 e. The Morgan fingerprint density at radius 2 is 1.81 bits per heavy atom. The zero-order chi connectivity index (χ0) is 19.1. The standard InChI is InChI=1S/C19H22N2O5/c1-3-11-6-8-19(9-7-11,18(25)26)20-15(22)12-4-5-13-14(10-12)17(24)21(2)16(13)23/h4-5,10-11H,3,6-9H2,1-2H3,(H,20,22)(H,25,26). The number of carboxylic acids is 1. The number of hydrogen-bond donors (Lipinski definition) is 2. The molecule has 0 saturated heterocycles. The number of imide groups is 1. The van der Waals surface area contributed by atoms with Gasteiger partial charge in [0.1, 0.15) is 5.54 Å². The van der Waals surface area contributed by atoms with Crippen molar-refractivity contribution in [1.29, 1.82) is 0 Å². The second kappa shape index (κ2) is 6.55. The first kappa shape index (κ1) is 18.1. The first-order valence-electron chi connectivity index (χ1n) is 8.81. The molecule has 0 unspecified atom stereocenters. The van der Waals surface area contributed by atoms with Crippen molar-refractivity contribution in [3.63, 3.8) is 0 Å². The molecule has 1 saturated carbocycles. The molecule has 1 aliphatic heterocycles. The van der Waals surface area contributed by atoms with Crippen molar-refractivity contribution in [2.45, 2.75) is 44.6 Å². The molecule has 1 aromatic carbocycles. The minimum atomic E-state index is -1.28. The predicted molar refractivity (Wildman–Crippen MR) is 92.9 cm³/mol. The highest BCUT2D eigenvalue weighted by atomic mass is 16.4. The van der Waals surface area contributed by atoms with Gasteiger partial charge in [-0.3, -0.25) is 19.3 Å². The molecule has 0 spiro atoms. The van der Waals surface area contributed by atoms with E-state index in [0.717, 1.165) is 24.2 Å². The predicted octanol–water partition coefficient (Wildman–Crippen LogP) is 2.07. The van der Waals surface area contributed by atoms with Crippen LogP contribution in [0.4, 0.5) is 0 Å². The molecule has 7 heteroatoms. The van der Waals surface area contributed by atoms with Crippen LogP contribution in [0.3, 0.4) is 0 Å². The number of nitrogens with one attached hydrogen (secondary N) is 1. The third kappa shape index (κ3) is 2.87. The molecule has 3 rings (SSSR count). The second-order valence-corrected chi connectivity index (χ2v) is 7.12. The van der Waals surface area contributed by atoms with Crippen molar-refractivity contribution in [3.05, 3.63) is 34.9 Å². The van der Waals surface area contributed by atoms with Crippen molar-refractivity contribution < 1.29 is 24.3 Å². The number of benzene rings is 1. The quantitative estimate of drug-likeness (QED) is 0.802. The fourth-order valence-electron chi connectivity index (χ4n) is 3.76. The highest BCUT2D eigenvalue weighted by Crippen LogP contribution is 2.34. The molecular formula is C19H22N2O5. The Hall–Kier alpha value is -2.70. The number of aliphatic carboxylic acids is 1. The first-order valence-corrected chi connectivity index (χ1v) is 8.81. The van der Waals surface area contributed by atoms with Crippen LogP contribution in [0.15, 0.2) is 18.2 Å². The Morgan fingerprint density at radius 3 is 2.38 bits per heavy atom. The summed E-state index contributed by atoms with van der Waals surface area (Å²) in [7, 11) is 1.38. The molecule has 0 radical (unpaired) electrons. The van der Waals surface area contributed by atoms with Gasteiger partial charge in [0.05, 0.1) is 11.1 Å². The van der Waals surface area contributed by atoms with Crippen LogP contribution in [0.25, 0.3) is 0 Å². The van der Waals surface area contributed by atoms with Crippen LogP contribution in [0.2, 0.25) is 0 Å². The van der Waals surface area contributed by atoms with E-state index in [4.69, 9.17) is 0 Å². The maximum atomic E-state index is 12.7. The summed E-state index contributed by atoms with van der Waals surface area (Å²) in [5.74, 6) is -1.96. The van der Waals surface area contributed by atoms with E-state index in [9.17, 15) is 24.3 Å². The fourth-order valence-corrected chi connectivity index (χ4v) is 3.76. The lowest BCUT2D eigenvalue weighted by Crippen LogP contribution is -2.56. The molecule has 1 fully saturated rings. The average Bonchev–Trinajstić information content (AvgIpc) is 2.86. The van der Waals surface area contributed by atoms with Crippen LogP contribution in [-0.4, -0.2) is 46.3 Å². The van der Waals surface area contributed by atoms with Crippen molar-refractivity contribution in [2.75, 3.05) is 7.05 Å².